The van der Waals surface area contributed by atoms with Crippen LogP contribution in [0.5, 0.6) is 0 Å². The van der Waals surface area contributed by atoms with Gasteiger partial charge in [-0.25, -0.2) is 0 Å². The predicted molar refractivity (Wildman–Crippen MR) is 80.0 cm³/mol. The first-order chi connectivity index (χ1) is 9.18. The van der Waals surface area contributed by atoms with Crippen LogP contribution < -0.4 is 5.32 Å². The molecule has 0 saturated carbocycles. The molecule has 4 heteroatoms. The molecule has 0 aliphatic carbocycles. The molecule has 0 bridgehead atoms. The molecule has 0 heterocycles. The Labute approximate surface area is 121 Å². The van der Waals surface area contributed by atoms with E-state index in [9.17, 15) is 4.79 Å². The first-order valence-electron chi connectivity index (χ1n) is 5.65. The highest BCUT2D eigenvalue weighted by Gasteiger charge is 2.02. The number of rotatable bonds is 4. The third kappa shape index (κ3) is 3.60. The average molecular weight is 292 g/mol. The van der Waals surface area contributed by atoms with Gasteiger partial charge in [-0.3, -0.25) is 4.79 Å². The molecular weight excluding hydrogens is 281 g/mol. The van der Waals surface area contributed by atoms with Gasteiger partial charge in [-0.2, -0.15) is 0 Å². The van der Waals surface area contributed by atoms with Crippen molar-refractivity contribution in [2.75, 3.05) is 5.32 Å². The molecule has 0 amide bonds. The summed E-state index contributed by atoms with van der Waals surface area (Å²) in [4.78, 5) is 11.8. The number of allylic oxidation sites excluding steroid dienone is 1. The van der Waals surface area contributed by atoms with Crippen LogP contribution in [0.4, 0.5) is 5.69 Å². The maximum Gasteiger partial charge on any atom is 0.187 e. The second-order valence-corrected chi connectivity index (χ2v) is 4.59. The number of benzene rings is 2. The highest BCUT2D eigenvalue weighted by molar-refractivity contribution is 6.43. The molecule has 2 aromatic carbocycles. The van der Waals surface area contributed by atoms with E-state index in [0.29, 0.717) is 21.3 Å². The van der Waals surface area contributed by atoms with E-state index in [0.717, 1.165) is 0 Å². The number of hydrogen-bond acceptors (Lipinski definition) is 2. The normalized spacial score (nSPS) is 10.6. The molecule has 1 N–H and O–H groups in total. The number of carbonyl (C=O) groups is 1. The van der Waals surface area contributed by atoms with E-state index in [1.165, 1.54) is 6.08 Å². The minimum absolute atomic E-state index is 0.0775. The lowest BCUT2D eigenvalue weighted by Crippen LogP contribution is -1.96. The highest BCUT2D eigenvalue weighted by atomic mass is 35.5. The third-order valence-electron chi connectivity index (χ3n) is 2.48. The Morgan fingerprint density at radius 3 is 2.47 bits per heavy atom. The summed E-state index contributed by atoms with van der Waals surface area (Å²) in [5.41, 5.74) is 1.30. The van der Waals surface area contributed by atoms with Gasteiger partial charge in [0.25, 0.3) is 0 Å². The zero-order valence-corrected chi connectivity index (χ0v) is 11.4. The second-order valence-electron chi connectivity index (χ2n) is 3.81. The fourth-order valence-corrected chi connectivity index (χ4v) is 1.88. The van der Waals surface area contributed by atoms with E-state index in [-0.39, 0.29) is 5.78 Å². The lowest BCUT2D eigenvalue weighted by atomic mass is 10.1. The number of halogens is 2. The van der Waals surface area contributed by atoms with Crippen molar-refractivity contribution in [3.8, 4) is 0 Å². The molecule has 2 nitrogen and oxygen atoms in total. The van der Waals surface area contributed by atoms with Gasteiger partial charge in [-0.15, -0.1) is 0 Å². The van der Waals surface area contributed by atoms with Gasteiger partial charge >= 0.3 is 0 Å². The molecule has 2 aromatic rings. The second kappa shape index (κ2) is 6.41. The Kier molecular flexibility index (Phi) is 4.61. The zero-order chi connectivity index (χ0) is 13.7. The van der Waals surface area contributed by atoms with Gasteiger partial charge in [-0.05, 0) is 12.1 Å². The van der Waals surface area contributed by atoms with Gasteiger partial charge in [-0.1, -0.05) is 59.6 Å². The first-order valence-corrected chi connectivity index (χ1v) is 6.40. The summed E-state index contributed by atoms with van der Waals surface area (Å²) < 4.78 is 0. The summed E-state index contributed by atoms with van der Waals surface area (Å²) in [5.74, 6) is -0.0775. The first kappa shape index (κ1) is 13.7. The predicted octanol–water partition coefficient (Wildman–Crippen LogP) is 4.80. The van der Waals surface area contributed by atoms with Crippen molar-refractivity contribution in [2.24, 2.45) is 0 Å². The van der Waals surface area contributed by atoms with Crippen LogP contribution in [-0.4, -0.2) is 5.78 Å². The molecule has 0 radical (unpaired) electrons. The van der Waals surface area contributed by atoms with Crippen molar-refractivity contribution >= 4 is 34.7 Å². The Balaban J connectivity index is 2.05. The topological polar surface area (TPSA) is 29.1 Å². The van der Waals surface area contributed by atoms with E-state index in [4.69, 9.17) is 23.2 Å². The van der Waals surface area contributed by atoms with Crippen LogP contribution in [0.1, 0.15) is 10.4 Å². The number of hydrogen-bond donors (Lipinski definition) is 1. The van der Waals surface area contributed by atoms with E-state index in [1.54, 1.807) is 36.5 Å². The lowest BCUT2D eigenvalue weighted by molar-refractivity contribution is 0.104. The van der Waals surface area contributed by atoms with Crippen LogP contribution in [-0.2, 0) is 0 Å². The largest absolute Gasteiger partial charge is 0.360 e. The van der Waals surface area contributed by atoms with Crippen molar-refractivity contribution in [2.45, 2.75) is 0 Å². The van der Waals surface area contributed by atoms with Gasteiger partial charge in [0.2, 0.25) is 0 Å². The Morgan fingerprint density at radius 1 is 1.00 bits per heavy atom. The van der Waals surface area contributed by atoms with Crippen LogP contribution in [0.2, 0.25) is 10.0 Å². The minimum atomic E-state index is -0.0775. The monoisotopic (exact) mass is 291 g/mol. The summed E-state index contributed by atoms with van der Waals surface area (Å²) in [5, 5.41) is 3.84. The average Bonchev–Trinajstić information content (AvgIpc) is 2.44. The Hall–Kier alpha value is -1.77. The summed E-state index contributed by atoms with van der Waals surface area (Å²) in [6, 6.07) is 14.3. The molecule has 0 fully saturated rings. The summed E-state index contributed by atoms with van der Waals surface area (Å²) in [7, 11) is 0. The van der Waals surface area contributed by atoms with Crippen molar-refractivity contribution < 1.29 is 4.79 Å². The SMILES string of the molecule is O=C(/C=C\Nc1cccc(Cl)c1Cl)c1ccccc1. The quantitative estimate of drug-likeness (QED) is 0.647. The molecule has 19 heavy (non-hydrogen) atoms. The van der Waals surface area contributed by atoms with E-state index in [2.05, 4.69) is 5.32 Å². The summed E-state index contributed by atoms with van der Waals surface area (Å²) >= 11 is 11.9. The van der Waals surface area contributed by atoms with Crippen molar-refractivity contribution in [3.63, 3.8) is 0 Å². The molecule has 96 valence electrons. The van der Waals surface area contributed by atoms with Gasteiger partial charge in [0, 0.05) is 17.8 Å². The van der Waals surface area contributed by atoms with Crippen LogP contribution >= 0.6 is 23.2 Å². The molecule has 0 unspecified atom stereocenters. The van der Waals surface area contributed by atoms with Crippen LogP contribution in [0.15, 0.2) is 60.8 Å². The maximum absolute atomic E-state index is 11.8. The molecule has 2 rings (SSSR count). The molecule has 0 aliphatic rings. The molecule has 0 spiro atoms. The highest BCUT2D eigenvalue weighted by Crippen LogP contribution is 2.29. The molecule has 0 aliphatic heterocycles. The van der Waals surface area contributed by atoms with E-state index < -0.39 is 0 Å². The Morgan fingerprint density at radius 2 is 1.74 bits per heavy atom. The van der Waals surface area contributed by atoms with Gasteiger partial charge < -0.3 is 5.32 Å². The van der Waals surface area contributed by atoms with Gasteiger partial charge in [0.1, 0.15) is 0 Å². The molecule has 0 saturated heterocycles. The number of carbonyl (C=O) groups excluding carboxylic acids is 1. The van der Waals surface area contributed by atoms with Crippen LogP contribution in [0, 0.1) is 0 Å². The maximum atomic E-state index is 11.8. The zero-order valence-electron chi connectivity index (χ0n) is 9.94. The summed E-state index contributed by atoms with van der Waals surface area (Å²) in [6.07, 6.45) is 3.00. The minimum Gasteiger partial charge on any atom is -0.360 e. The van der Waals surface area contributed by atoms with Crippen LogP contribution in [0.25, 0.3) is 0 Å². The number of nitrogens with one attached hydrogen (secondary N) is 1. The summed E-state index contributed by atoms with van der Waals surface area (Å²) in [6.45, 7) is 0. The third-order valence-corrected chi connectivity index (χ3v) is 3.30. The fraction of sp³-hybridized carbons (Fsp3) is 0. The molecular formula is C15H11Cl2NO. The van der Waals surface area contributed by atoms with Crippen molar-refractivity contribution in [1.82, 2.24) is 0 Å². The molecule has 0 aromatic heterocycles. The van der Waals surface area contributed by atoms with E-state index in [1.807, 2.05) is 18.2 Å². The van der Waals surface area contributed by atoms with Crippen molar-refractivity contribution in [1.29, 1.82) is 0 Å². The number of anilines is 1. The van der Waals surface area contributed by atoms with Gasteiger partial charge in [0.15, 0.2) is 5.78 Å². The van der Waals surface area contributed by atoms with Gasteiger partial charge in [0.05, 0.1) is 15.7 Å². The fourth-order valence-electron chi connectivity index (χ4n) is 1.52. The lowest BCUT2D eigenvalue weighted by Gasteiger charge is -2.04. The smallest absolute Gasteiger partial charge is 0.187 e. The molecule has 0 atom stereocenters. The Bertz CT molecular complexity index is 609. The standard InChI is InChI=1S/C15H11Cl2NO/c16-12-7-4-8-13(15(12)17)18-10-9-14(19)11-5-2-1-3-6-11/h1-10,18H/b10-9-. The van der Waals surface area contributed by atoms with Crippen molar-refractivity contribution in [3.05, 3.63) is 76.4 Å². The van der Waals surface area contributed by atoms with Crippen LogP contribution in [0.3, 0.4) is 0 Å². The van der Waals surface area contributed by atoms with E-state index >= 15 is 0 Å². The number of ketones is 1.